The smallest absolute Gasteiger partial charge is 0.0396 e. The Morgan fingerprint density at radius 3 is 2.44 bits per heavy atom. The number of nitrogens with two attached hydrogens (primary N) is 1. The van der Waals surface area contributed by atoms with Crippen LogP contribution in [0, 0.1) is 12.8 Å². The Morgan fingerprint density at radius 2 is 1.89 bits per heavy atom. The Labute approximate surface area is 111 Å². The number of hydrogen-bond donors (Lipinski definition) is 1. The van der Waals surface area contributed by atoms with Gasteiger partial charge in [0.15, 0.2) is 0 Å². The van der Waals surface area contributed by atoms with Gasteiger partial charge < -0.3 is 10.6 Å². The third-order valence-corrected chi connectivity index (χ3v) is 4.41. The van der Waals surface area contributed by atoms with Gasteiger partial charge in [0.2, 0.25) is 0 Å². The summed E-state index contributed by atoms with van der Waals surface area (Å²) >= 11 is 0. The van der Waals surface area contributed by atoms with Crippen LogP contribution in [0.3, 0.4) is 0 Å². The molecule has 2 heteroatoms. The summed E-state index contributed by atoms with van der Waals surface area (Å²) in [6, 6.07) is 7.32. The van der Waals surface area contributed by atoms with Crippen molar-refractivity contribution < 1.29 is 0 Å². The van der Waals surface area contributed by atoms with E-state index in [0.717, 1.165) is 5.92 Å². The first kappa shape index (κ1) is 13.4. The van der Waals surface area contributed by atoms with Crippen LogP contribution in [-0.4, -0.2) is 13.1 Å². The molecule has 0 aromatic heterocycles. The molecule has 18 heavy (non-hydrogen) atoms. The molecule has 2 rings (SSSR count). The minimum absolute atomic E-state index is 0.631. The van der Waals surface area contributed by atoms with Gasteiger partial charge >= 0.3 is 0 Å². The van der Waals surface area contributed by atoms with E-state index in [0.29, 0.717) is 12.6 Å². The molecule has 1 aliphatic carbocycles. The summed E-state index contributed by atoms with van der Waals surface area (Å²) < 4.78 is 0. The number of anilines is 1. The van der Waals surface area contributed by atoms with Crippen molar-refractivity contribution >= 4 is 5.69 Å². The van der Waals surface area contributed by atoms with Crippen molar-refractivity contribution in [1.82, 2.24) is 0 Å². The zero-order valence-corrected chi connectivity index (χ0v) is 11.9. The van der Waals surface area contributed by atoms with Gasteiger partial charge in [-0.2, -0.15) is 0 Å². The van der Waals surface area contributed by atoms with Crippen molar-refractivity contribution in [2.24, 2.45) is 11.7 Å². The molecule has 2 nitrogen and oxygen atoms in total. The van der Waals surface area contributed by atoms with Gasteiger partial charge in [0.1, 0.15) is 0 Å². The highest BCUT2D eigenvalue weighted by atomic mass is 15.1. The number of aryl methyl sites for hydroxylation is 1. The summed E-state index contributed by atoms with van der Waals surface area (Å²) in [5.74, 6) is 0.912. The lowest BCUT2D eigenvalue weighted by Gasteiger charge is -2.36. The fraction of sp³-hybridized carbons (Fsp3) is 0.625. The first-order valence-corrected chi connectivity index (χ1v) is 7.14. The standard InChI is InChI=1S/C16H26N2/c1-12-4-7-15(8-5-12)18(3)16-9-6-14(11-17)10-13(16)2/h6,9-10,12,15H,4-5,7-8,11,17H2,1-3H3. The van der Waals surface area contributed by atoms with E-state index in [9.17, 15) is 0 Å². The van der Waals surface area contributed by atoms with Crippen molar-refractivity contribution in [3.8, 4) is 0 Å². The minimum Gasteiger partial charge on any atom is -0.371 e. The van der Waals surface area contributed by atoms with E-state index in [2.05, 4.69) is 44.0 Å². The lowest BCUT2D eigenvalue weighted by atomic mass is 9.86. The molecule has 100 valence electrons. The van der Waals surface area contributed by atoms with E-state index in [1.165, 1.54) is 42.5 Å². The number of rotatable bonds is 3. The molecule has 0 radical (unpaired) electrons. The maximum atomic E-state index is 5.69. The van der Waals surface area contributed by atoms with Gasteiger partial charge in [0.25, 0.3) is 0 Å². The molecular formula is C16H26N2. The van der Waals surface area contributed by atoms with Crippen LogP contribution < -0.4 is 10.6 Å². The summed E-state index contributed by atoms with van der Waals surface area (Å²) in [5, 5.41) is 0. The predicted molar refractivity (Wildman–Crippen MR) is 78.9 cm³/mol. The van der Waals surface area contributed by atoms with E-state index in [4.69, 9.17) is 5.73 Å². The molecule has 0 saturated heterocycles. The van der Waals surface area contributed by atoms with Gasteiger partial charge in [-0.25, -0.2) is 0 Å². The van der Waals surface area contributed by atoms with E-state index >= 15 is 0 Å². The van der Waals surface area contributed by atoms with Crippen LogP contribution in [0.1, 0.15) is 43.7 Å². The molecule has 0 bridgehead atoms. The number of nitrogens with zero attached hydrogens (tertiary/aromatic N) is 1. The van der Waals surface area contributed by atoms with E-state index < -0.39 is 0 Å². The maximum absolute atomic E-state index is 5.69. The van der Waals surface area contributed by atoms with Gasteiger partial charge in [0, 0.05) is 25.3 Å². The van der Waals surface area contributed by atoms with Gasteiger partial charge in [-0.1, -0.05) is 19.1 Å². The molecule has 1 saturated carbocycles. The van der Waals surface area contributed by atoms with Crippen molar-refractivity contribution in [1.29, 1.82) is 0 Å². The van der Waals surface area contributed by atoms with Crippen LogP contribution in [0.5, 0.6) is 0 Å². The summed E-state index contributed by atoms with van der Waals surface area (Å²) in [5.41, 5.74) is 9.63. The summed E-state index contributed by atoms with van der Waals surface area (Å²) in [6.45, 7) is 5.19. The Morgan fingerprint density at radius 1 is 1.22 bits per heavy atom. The normalized spacial score (nSPS) is 24.0. The Bertz CT molecular complexity index is 392. The monoisotopic (exact) mass is 246 g/mol. The molecule has 0 heterocycles. The summed E-state index contributed by atoms with van der Waals surface area (Å²) in [6.07, 6.45) is 5.40. The Balaban J connectivity index is 2.11. The first-order chi connectivity index (χ1) is 8.61. The van der Waals surface area contributed by atoms with Crippen LogP contribution in [0.4, 0.5) is 5.69 Å². The molecule has 1 aromatic carbocycles. The molecule has 0 spiro atoms. The zero-order chi connectivity index (χ0) is 13.1. The lowest BCUT2D eigenvalue weighted by molar-refractivity contribution is 0.340. The maximum Gasteiger partial charge on any atom is 0.0396 e. The molecular weight excluding hydrogens is 220 g/mol. The minimum atomic E-state index is 0.631. The third kappa shape index (κ3) is 2.86. The molecule has 1 aliphatic rings. The van der Waals surface area contributed by atoms with Gasteiger partial charge in [-0.05, 0) is 55.7 Å². The van der Waals surface area contributed by atoms with Crippen LogP contribution in [0.2, 0.25) is 0 Å². The first-order valence-electron chi connectivity index (χ1n) is 7.14. The quantitative estimate of drug-likeness (QED) is 0.885. The summed E-state index contributed by atoms with van der Waals surface area (Å²) in [7, 11) is 2.24. The molecule has 1 aromatic rings. The van der Waals surface area contributed by atoms with E-state index in [1.54, 1.807) is 0 Å². The van der Waals surface area contributed by atoms with Crippen molar-refractivity contribution in [3.63, 3.8) is 0 Å². The largest absolute Gasteiger partial charge is 0.371 e. The topological polar surface area (TPSA) is 29.3 Å². The van der Waals surface area contributed by atoms with E-state index in [1.807, 2.05) is 0 Å². The Kier molecular flexibility index (Phi) is 4.28. The summed E-state index contributed by atoms with van der Waals surface area (Å²) in [4.78, 5) is 2.47. The fourth-order valence-electron chi connectivity index (χ4n) is 3.07. The Hall–Kier alpha value is -1.02. The second-order valence-corrected chi connectivity index (χ2v) is 5.85. The zero-order valence-electron chi connectivity index (χ0n) is 11.9. The van der Waals surface area contributed by atoms with E-state index in [-0.39, 0.29) is 0 Å². The van der Waals surface area contributed by atoms with Gasteiger partial charge in [-0.15, -0.1) is 0 Å². The van der Waals surface area contributed by atoms with Crippen LogP contribution in [0.15, 0.2) is 18.2 Å². The predicted octanol–water partition coefficient (Wildman–Crippen LogP) is 3.47. The second-order valence-electron chi connectivity index (χ2n) is 5.85. The molecule has 0 aliphatic heterocycles. The van der Waals surface area contributed by atoms with Gasteiger partial charge in [0.05, 0.1) is 0 Å². The van der Waals surface area contributed by atoms with Crippen LogP contribution in [-0.2, 0) is 6.54 Å². The molecule has 0 atom stereocenters. The highest BCUT2D eigenvalue weighted by molar-refractivity contribution is 5.54. The average Bonchev–Trinajstić information content (AvgIpc) is 2.38. The molecule has 2 N–H and O–H groups in total. The SMILES string of the molecule is Cc1cc(CN)ccc1N(C)C1CCC(C)CC1. The second kappa shape index (κ2) is 5.75. The third-order valence-electron chi connectivity index (χ3n) is 4.41. The number of hydrogen-bond acceptors (Lipinski definition) is 2. The van der Waals surface area contributed by atoms with Crippen LogP contribution in [0.25, 0.3) is 0 Å². The van der Waals surface area contributed by atoms with Crippen molar-refractivity contribution in [2.75, 3.05) is 11.9 Å². The average molecular weight is 246 g/mol. The lowest BCUT2D eigenvalue weighted by Crippen LogP contribution is -2.35. The van der Waals surface area contributed by atoms with Crippen molar-refractivity contribution in [3.05, 3.63) is 29.3 Å². The highest BCUT2D eigenvalue weighted by Crippen LogP contribution is 2.30. The van der Waals surface area contributed by atoms with Crippen LogP contribution >= 0.6 is 0 Å². The highest BCUT2D eigenvalue weighted by Gasteiger charge is 2.22. The molecule has 0 unspecified atom stereocenters. The number of benzene rings is 1. The fourth-order valence-corrected chi connectivity index (χ4v) is 3.07. The molecule has 1 fully saturated rings. The van der Waals surface area contributed by atoms with Gasteiger partial charge in [-0.3, -0.25) is 0 Å². The van der Waals surface area contributed by atoms with Crippen molar-refractivity contribution in [2.45, 2.75) is 52.1 Å². The molecule has 0 amide bonds.